The highest BCUT2D eigenvalue weighted by Crippen LogP contribution is 2.30. The molecule has 0 atom stereocenters. The molecule has 1 aromatic carbocycles. The quantitative estimate of drug-likeness (QED) is 0.803. The zero-order valence-electron chi connectivity index (χ0n) is 9.73. The van der Waals surface area contributed by atoms with E-state index in [-0.39, 0.29) is 0 Å². The van der Waals surface area contributed by atoms with Crippen LogP contribution in [0.2, 0.25) is 0 Å². The van der Waals surface area contributed by atoms with E-state index in [9.17, 15) is 0 Å². The normalized spacial score (nSPS) is 16.5. The third kappa shape index (κ3) is 1.93. The van der Waals surface area contributed by atoms with Gasteiger partial charge < -0.3 is 10.5 Å². The van der Waals surface area contributed by atoms with Gasteiger partial charge in [-0.15, -0.1) is 0 Å². The first-order valence-corrected chi connectivity index (χ1v) is 6.14. The van der Waals surface area contributed by atoms with E-state index >= 15 is 0 Å². The summed E-state index contributed by atoms with van der Waals surface area (Å²) in [4.78, 5) is 4.31. The first-order chi connectivity index (χ1) is 8.34. The minimum absolute atomic E-state index is 0.363. The van der Waals surface area contributed by atoms with Crippen molar-refractivity contribution in [2.45, 2.75) is 31.8 Å². The number of hydrogen-bond acceptors (Lipinski definition) is 3. The van der Waals surface area contributed by atoms with Crippen LogP contribution in [0.5, 0.6) is 5.75 Å². The summed E-state index contributed by atoms with van der Waals surface area (Å²) < 4.78 is 6.05. The second-order valence-electron chi connectivity index (χ2n) is 4.58. The van der Waals surface area contributed by atoms with Gasteiger partial charge in [-0.2, -0.15) is 0 Å². The van der Waals surface area contributed by atoms with Crippen molar-refractivity contribution in [1.29, 1.82) is 0 Å². The van der Waals surface area contributed by atoms with Crippen LogP contribution in [0.3, 0.4) is 0 Å². The molecule has 2 N–H and O–H groups in total. The molecule has 1 fully saturated rings. The first-order valence-electron chi connectivity index (χ1n) is 6.14. The third-order valence-electron chi connectivity index (χ3n) is 3.36. The third-order valence-corrected chi connectivity index (χ3v) is 3.36. The zero-order chi connectivity index (χ0) is 11.7. The van der Waals surface area contributed by atoms with Gasteiger partial charge in [0, 0.05) is 11.6 Å². The molecule has 0 amide bonds. The Hall–Kier alpha value is -1.77. The van der Waals surface area contributed by atoms with Gasteiger partial charge in [0.25, 0.3) is 0 Å². The Labute approximate surface area is 101 Å². The number of anilines is 1. The highest BCUT2D eigenvalue weighted by atomic mass is 16.5. The summed E-state index contributed by atoms with van der Waals surface area (Å²) >= 11 is 0. The van der Waals surface area contributed by atoms with Crippen molar-refractivity contribution in [3.05, 3.63) is 30.5 Å². The van der Waals surface area contributed by atoms with Crippen molar-refractivity contribution in [3.63, 3.8) is 0 Å². The van der Waals surface area contributed by atoms with Crippen molar-refractivity contribution in [2.24, 2.45) is 0 Å². The summed E-state index contributed by atoms with van der Waals surface area (Å²) in [6, 6.07) is 7.76. The molecular weight excluding hydrogens is 212 g/mol. The molecule has 1 heterocycles. The number of nitrogens with zero attached hydrogens (tertiary/aromatic N) is 1. The number of hydrogen-bond donors (Lipinski definition) is 1. The predicted octanol–water partition coefficient (Wildman–Crippen LogP) is 3.14. The largest absolute Gasteiger partial charge is 0.490 e. The van der Waals surface area contributed by atoms with Gasteiger partial charge in [0.15, 0.2) is 0 Å². The molecule has 0 bridgehead atoms. The lowest BCUT2D eigenvalue weighted by molar-refractivity contribution is 0.212. The van der Waals surface area contributed by atoms with Crippen molar-refractivity contribution in [1.82, 2.24) is 4.98 Å². The second kappa shape index (κ2) is 4.24. The van der Waals surface area contributed by atoms with Crippen molar-refractivity contribution in [2.75, 3.05) is 5.73 Å². The Bertz CT molecular complexity index is 533. The molecule has 0 aliphatic heterocycles. The fourth-order valence-corrected chi connectivity index (χ4v) is 2.46. The molecule has 0 saturated heterocycles. The molecule has 2 aromatic rings. The fraction of sp³-hybridized carbons (Fsp3) is 0.357. The van der Waals surface area contributed by atoms with Gasteiger partial charge in [-0.3, -0.25) is 4.98 Å². The summed E-state index contributed by atoms with van der Waals surface area (Å²) in [5.41, 5.74) is 7.46. The van der Waals surface area contributed by atoms with Gasteiger partial charge in [-0.1, -0.05) is 6.07 Å². The number of aromatic nitrogens is 1. The van der Waals surface area contributed by atoms with E-state index in [0.29, 0.717) is 11.8 Å². The number of ether oxygens (including phenoxy) is 1. The standard InChI is InChI=1S/C14H16N2O/c15-12-7-3-6-11-13(8-9-16-14(11)12)17-10-4-1-2-5-10/h3,6-10H,1-2,4-5,15H2. The molecule has 0 spiro atoms. The Morgan fingerprint density at radius 2 is 2.00 bits per heavy atom. The molecule has 1 aromatic heterocycles. The van der Waals surface area contributed by atoms with Gasteiger partial charge in [-0.25, -0.2) is 0 Å². The molecule has 1 saturated carbocycles. The van der Waals surface area contributed by atoms with Crippen LogP contribution in [0.4, 0.5) is 5.69 Å². The smallest absolute Gasteiger partial charge is 0.130 e. The van der Waals surface area contributed by atoms with E-state index in [4.69, 9.17) is 10.5 Å². The second-order valence-corrected chi connectivity index (χ2v) is 4.58. The lowest BCUT2D eigenvalue weighted by Crippen LogP contribution is -2.11. The molecule has 3 rings (SSSR count). The maximum atomic E-state index is 6.05. The minimum atomic E-state index is 0.363. The maximum absolute atomic E-state index is 6.05. The lowest BCUT2D eigenvalue weighted by Gasteiger charge is -2.15. The van der Waals surface area contributed by atoms with E-state index in [0.717, 1.165) is 29.5 Å². The van der Waals surface area contributed by atoms with Gasteiger partial charge in [0.1, 0.15) is 5.75 Å². The topological polar surface area (TPSA) is 48.1 Å². The van der Waals surface area contributed by atoms with Crippen molar-refractivity contribution >= 4 is 16.6 Å². The zero-order valence-corrected chi connectivity index (χ0v) is 9.73. The van der Waals surface area contributed by atoms with Crippen LogP contribution in [-0.4, -0.2) is 11.1 Å². The number of fused-ring (bicyclic) bond motifs is 1. The van der Waals surface area contributed by atoms with E-state index in [1.54, 1.807) is 6.20 Å². The predicted molar refractivity (Wildman–Crippen MR) is 69.0 cm³/mol. The van der Waals surface area contributed by atoms with Crippen LogP contribution in [0.25, 0.3) is 10.9 Å². The summed E-state index contributed by atoms with van der Waals surface area (Å²) in [5.74, 6) is 0.911. The number of rotatable bonds is 2. The Kier molecular flexibility index (Phi) is 2.59. The highest BCUT2D eigenvalue weighted by Gasteiger charge is 2.17. The van der Waals surface area contributed by atoms with Crippen LogP contribution in [0, 0.1) is 0 Å². The number of para-hydroxylation sites is 1. The molecule has 17 heavy (non-hydrogen) atoms. The average molecular weight is 228 g/mol. The van der Waals surface area contributed by atoms with Crippen LogP contribution in [-0.2, 0) is 0 Å². The van der Waals surface area contributed by atoms with E-state index in [1.165, 1.54) is 12.8 Å². The van der Waals surface area contributed by atoms with Crippen LogP contribution in [0.1, 0.15) is 25.7 Å². The molecule has 1 aliphatic carbocycles. The number of nitrogens with two attached hydrogens (primary N) is 1. The molecule has 3 heteroatoms. The van der Waals surface area contributed by atoms with Gasteiger partial charge in [0.05, 0.1) is 17.3 Å². The minimum Gasteiger partial charge on any atom is -0.490 e. The molecule has 3 nitrogen and oxygen atoms in total. The Morgan fingerprint density at radius 1 is 1.18 bits per heavy atom. The molecule has 1 aliphatic rings. The maximum Gasteiger partial charge on any atom is 0.130 e. The Morgan fingerprint density at radius 3 is 2.82 bits per heavy atom. The molecule has 0 unspecified atom stereocenters. The molecule has 0 radical (unpaired) electrons. The highest BCUT2D eigenvalue weighted by molar-refractivity contribution is 5.93. The molecular formula is C14H16N2O. The van der Waals surface area contributed by atoms with Crippen LogP contribution < -0.4 is 10.5 Å². The van der Waals surface area contributed by atoms with Crippen LogP contribution >= 0.6 is 0 Å². The van der Waals surface area contributed by atoms with Crippen molar-refractivity contribution < 1.29 is 4.74 Å². The fourth-order valence-electron chi connectivity index (χ4n) is 2.46. The molecule has 88 valence electrons. The lowest BCUT2D eigenvalue weighted by atomic mass is 10.2. The monoisotopic (exact) mass is 228 g/mol. The van der Waals surface area contributed by atoms with E-state index < -0.39 is 0 Å². The van der Waals surface area contributed by atoms with E-state index in [2.05, 4.69) is 4.98 Å². The first kappa shape index (κ1) is 10.4. The average Bonchev–Trinajstić information content (AvgIpc) is 2.83. The van der Waals surface area contributed by atoms with Gasteiger partial charge in [-0.05, 0) is 43.9 Å². The number of nitrogen functional groups attached to an aromatic ring is 1. The summed E-state index contributed by atoms with van der Waals surface area (Å²) in [5, 5.41) is 1.01. The Balaban J connectivity index is 2.01. The summed E-state index contributed by atoms with van der Waals surface area (Å²) in [6.45, 7) is 0. The van der Waals surface area contributed by atoms with Crippen LogP contribution in [0.15, 0.2) is 30.5 Å². The summed E-state index contributed by atoms with van der Waals surface area (Å²) in [6.07, 6.45) is 6.99. The van der Waals surface area contributed by atoms with Crippen molar-refractivity contribution in [3.8, 4) is 5.75 Å². The number of benzene rings is 1. The van der Waals surface area contributed by atoms with E-state index in [1.807, 2.05) is 24.3 Å². The number of pyridine rings is 1. The SMILES string of the molecule is Nc1cccc2c(OC3CCCC3)ccnc12. The van der Waals surface area contributed by atoms with Gasteiger partial charge in [0.2, 0.25) is 0 Å². The van der Waals surface area contributed by atoms with Gasteiger partial charge >= 0.3 is 0 Å². The summed E-state index contributed by atoms with van der Waals surface area (Å²) in [7, 11) is 0.